The predicted molar refractivity (Wildman–Crippen MR) is 115 cm³/mol. The van der Waals surface area contributed by atoms with Gasteiger partial charge in [-0.3, -0.25) is 4.57 Å². The molecule has 0 bridgehead atoms. The standard InChI is InChI=1S/C24H19N3O/c1-15-12-19(25)24(22(28)13-15)16-9-10-18-17-6-2-3-7-20(17)27(21(18)14-16)23-8-4-5-11-26-23/h2-14,28H,25H2,1H3. The molecule has 2 heterocycles. The van der Waals surface area contributed by atoms with Crippen LogP contribution >= 0.6 is 0 Å². The first kappa shape index (κ1) is 16.4. The number of para-hydroxylation sites is 1. The van der Waals surface area contributed by atoms with Crippen molar-refractivity contribution in [1.29, 1.82) is 0 Å². The molecule has 136 valence electrons. The van der Waals surface area contributed by atoms with Crippen LogP contribution in [0.4, 0.5) is 5.69 Å². The number of aromatic nitrogens is 2. The van der Waals surface area contributed by atoms with E-state index in [-0.39, 0.29) is 5.75 Å². The number of hydrogen-bond donors (Lipinski definition) is 2. The van der Waals surface area contributed by atoms with Crippen LogP contribution in [0.15, 0.2) is 79.0 Å². The Morgan fingerprint density at radius 1 is 0.857 bits per heavy atom. The van der Waals surface area contributed by atoms with Crippen molar-refractivity contribution in [2.24, 2.45) is 0 Å². The molecule has 5 aromatic rings. The monoisotopic (exact) mass is 365 g/mol. The molecule has 0 atom stereocenters. The number of phenols is 1. The predicted octanol–water partition coefficient (Wildman–Crippen LogP) is 5.44. The van der Waals surface area contributed by atoms with Gasteiger partial charge in [0.15, 0.2) is 0 Å². The number of pyridine rings is 1. The average molecular weight is 365 g/mol. The Bertz CT molecular complexity index is 1310. The summed E-state index contributed by atoms with van der Waals surface area (Å²) in [4.78, 5) is 4.56. The molecule has 0 fully saturated rings. The number of fused-ring (bicyclic) bond motifs is 3. The van der Waals surface area contributed by atoms with E-state index in [1.807, 2.05) is 49.4 Å². The molecular weight excluding hydrogens is 346 g/mol. The van der Waals surface area contributed by atoms with Crippen molar-refractivity contribution in [3.8, 4) is 22.7 Å². The molecule has 3 aromatic carbocycles. The zero-order chi connectivity index (χ0) is 19.3. The molecule has 0 aliphatic carbocycles. The Hall–Kier alpha value is -3.79. The highest BCUT2D eigenvalue weighted by Crippen LogP contribution is 2.39. The van der Waals surface area contributed by atoms with Crippen LogP contribution in [-0.2, 0) is 0 Å². The van der Waals surface area contributed by atoms with E-state index in [0.717, 1.165) is 38.8 Å². The summed E-state index contributed by atoms with van der Waals surface area (Å²) < 4.78 is 2.15. The minimum absolute atomic E-state index is 0.192. The zero-order valence-corrected chi connectivity index (χ0v) is 15.4. The molecule has 4 nitrogen and oxygen atoms in total. The zero-order valence-electron chi connectivity index (χ0n) is 15.4. The second kappa shape index (κ2) is 6.13. The first-order valence-electron chi connectivity index (χ1n) is 9.17. The SMILES string of the molecule is Cc1cc(N)c(-c2ccc3c4ccccc4n(-c4ccccn4)c3c2)c(O)c1. The van der Waals surface area contributed by atoms with Crippen molar-refractivity contribution in [3.05, 3.63) is 84.6 Å². The lowest BCUT2D eigenvalue weighted by atomic mass is 9.99. The number of aryl methyl sites for hydroxylation is 1. The molecule has 4 heteroatoms. The van der Waals surface area contributed by atoms with Crippen molar-refractivity contribution in [2.45, 2.75) is 6.92 Å². The van der Waals surface area contributed by atoms with E-state index in [0.29, 0.717) is 11.3 Å². The maximum atomic E-state index is 10.5. The van der Waals surface area contributed by atoms with Crippen molar-refractivity contribution in [3.63, 3.8) is 0 Å². The van der Waals surface area contributed by atoms with Gasteiger partial charge in [0.1, 0.15) is 11.6 Å². The van der Waals surface area contributed by atoms with Crippen molar-refractivity contribution < 1.29 is 5.11 Å². The molecule has 5 rings (SSSR count). The Labute approximate surface area is 162 Å². The molecule has 0 amide bonds. The summed E-state index contributed by atoms with van der Waals surface area (Å²) in [6.07, 6.45) is 1.80. The molecule has 0 aliphatic rings. The fraction of sp³-hybridized carbons (Fsp3) is 0.0417. The van der Waals surface area contributed by atoms with Gasteiger partial charge in [-0.05, 0) is 54.4 Å². The summed E-state index contributed by atoms with van der Waals surface area (Å²) in [6.45, 7) is 1.92. The Balaban J connectivity index is 1.87. The van der Waals surface area contributed by atoms with Crippen LogP contribution < -0.4 is 5.73 Å². The van der Waals surface area contributed by atoms with Gasteiger partial charge in [-0.1, -0.05) is 36.4 Å². The summed E-state index contributed by atoms with van der Waals surface area (Å²) in [5, 5.41) is 12.8. The largest absolute Gasteiger partial charge is 0.507 e. The number of phenolic OH excluding ortho intramolecular Hbond substituents is 1. The minimum Gasteiger partial charge on any atom is -0.507 e. The molecule has 0 saturated heterocycles. The van der Waals surface area contributed by atoms with Gasteiger partial charge in [0.25, 0.3) is 0 Å². The number of hydrogen-bond acceptors (Lipinski definition) is 3. The first-order chi connectivity index (χ1) is 13.6. The Kier molecular flexibility index (Phi) is 3.59. The average Bonchev–Trinajstić information content (AvgIpc) is 3.01. The van der Waals surface area contributed by atoms with E-state index < -0.39 is 0 Å². The van der Waals surface area contributed by atoms with Gasteiger partial charge < -0.3 is 10.8 Å². The number of anilines is 1. The topological polar surface area (TPSA) is 64.1 Å². The second-order valence-corrected chi connectivity index (χ2v) is 7.02. The summed E-state index contributed by atoms with van der Waals surface area (Å²) in [5.41, 5.74) is 11.4. The minimum atomic E-state index is 0.192. The maximum absolute atomic E-state index is 10.5. The van der Waals surface area contributed by atoms with Gasteiger partial charge in [0, 0.05) is 28.2 Å². The van der Waals surface area contributed by atoms with Crippen molar-refractivity contribution >= 4 is 27.5 Å². The number of nitrogens with zero attached hydrogens (tertiary/aromatic N) is 2. The first-order valence-corrected chi connectivity index (χ1v) is 9.17. The van der Waals surface area contributed by atoms with Crippen LogP contribution in [-0.4, -0.2) is 14.7 Å². The summed E-state index contributed by atoms with van der Waals surface area (Å²) in [7, 11) is 0. The quantitative estimate of drug-likeness (QED) is 0.409. The van der Waals surface area contributed by atoms with Gasteiger partial charge in [0.2, 0.25) is 0 Å². The Morgan fingerprint density at radius 2 is 1.64 bits per heavy atom. The number of nitrogen functional groups attached to an aromatic ring is 1. The smallest absolute Gasteiger partial charge is 0.137 e. The molecule has 0 saturated carbocycles. The molecule has 0 radical (unpaired) electrons. The van der Waals surface area contributed by atoms with E-state index in [1.165, 1.54) is 0 Å². The van der Waals surface area contributed by atoms with Crippen LogP contribution in [0.25, 0.3) is 38.8 Å². The number of aromatic hydroxyl groups is 1. The number of benzene rings is 3. The molecule has 28 heavy (non-hydrogen) atoms. The highest BCUT2D eigenvalue weighted by atomic mass is 16.3. The Morgan fingerprint density at radius 3 is 2.43 bits per heavy atom. The van der Waals surface area contributed by atoms with Gasteiger partial charge in [0.05, 0.1) is 11.0 Å². The lowest BCUT2D eigenvalue weighted by Gasteiger charge is -2.11. The van der Waals surface area contributed by atoms with Gasteiger partial charge in [-0.15, -0.1) is 0 Å². The molecule has 3 N–H and O–H groups in total. The third kappa shape index (κ3) is 2.42. The van der Waals surface area contributed by atoms with Crippen LogP contribution in [0.1, 0.15) is 5.56 Å². The van der Waals surface area contributed by atoms with E-state index in [2.05, 4.69) is 33.8 Å². The molecular formula is C24H19N3O. The lowest BCUT2D eigenvalue weighted by Crippen LogP contribution is -1.97. The fourth-order valence-electron chi connectivity index (χ4n) is 3.97. The summed E-state index contributed by atoms with van der Waals surface area (Å²) in [5.74, 6) is 1.05. The molecule has 0 spiro atoms. The molecule has 2 aromatic heterocycles. The van der Waals surface area contributed by atoms with Crippen molar-refractivity contribution in [1.82, 2.24) is 9.55 Å². The van der Waals surface area contributed by atoms with Crippen LogP contribution in [0.2, 0.25) is 0 Å². The maximum Gasteiger partial charge on any atom is 0.137 e. The lowest BCUT2D eigenvalue weighted by molar-refractivity contribution is 0.477. The highest BCUT2D eigenvalue weighted by Gasteiger charge is 2.16. The van der Waals surface area contributed by atoms with Gasteiger partial charge in [-0.2, -0.15) is 0 Å². The van der Waals surface area contributed by atoms with Crippen LogP contribution in [0.3, 0.4) is 0 Å². The summed E-state index contributed by atoms with van der Waals surface area (Å²) >= 11 is 0. The number of rotatable bonds is 2. The highest BCUT2D eigenvalue weighted by molar-refractivity contribution is 6.10. The normalized spacial score (nSPS) is 11.3. The van der Waals surface area contributed by atoms with Crippen molar-refractivity contribution in [2.75, 3.05) is 5.73 Å². The molecule has 0 unspecified atom stereocenters. The third-order valence-corrected chi connectivity index (χ3v) is 5.13. The summed E-state index contributed by atoms with van der Waals surface area (Å²) in [6, 6.07) is 24.0. The van der Waals surface area contributed by atoms with Gasteiger partial charge >= 0.3 is 0 Å². The second-order valence-electron chi connectivity index (χ2n) is 7.02. The number of nitrogens with two attached hydrogens (primary N) is 1. The van der Waals surface area contributed by atoms with Crippen LogP contribution in [0, 0.1) is 6.92 Å². The van der Waals surface area contributed by atoms with E-state index >= 15 is 0 Å². The van der Waals surface area contributed by atoms with E-state index in [4.69, 9.17) is 5.73 Å². The fourth-order valence-corrected chi connectivity index (χ4v) is 3.97. The van der Waals surface area contributed by atoms with Gasteiger partial charge in [-0.25, -0.2) is 4.98 Å². The van der Waals surface area contributed by atoms with Crippen LogP contribution in [0.5, 0.6) is 5.75 Å². The third-order valence-electron chi connectivity index (χ3n) is 5.13. The van der Waals surface area contributed by atoms with E-state index in [9.17, 15) is 5.11 Å². The molecule has 0 aliphatic heterocycles. The van der Waals surface area contributed by atoms with E-state index in [1.54, 1.807) is 12.3 Å².